The fourth-order valence-corrected chi connectivity index (χ4v) is 2.84. The summed E-state index contributed by atoms with van der Waals surface area (Å²) in [6.45, 7) is 1.26. The van der Waals surface area contributed by atoms with Crippen molar-refractivity contribution >= 4 is 11.8 Å². The summed E-state index contributed by atoms with van der Waals surface area (Å²) in [4.78, 5) is 26.0. The SMILES string of the molecule is O=C(NCc1ccccc1)C1CC(=O)N(Cc2ccc(F)cc2)C1. The summed E-state index contributed by atoms with van der Waals surface area (Å²) in [5.74, 6) is -0.778. The highest BCUT2D eigenvalue weighted by molar-refractivity contribution is 5.89. The van der Waals surface area contributed by atoms with E-state index in [2.05, 4.69) is 5.32 Å². The molecule has 2 aromatic carbocycles. The van der Waals surface area contributed by atoms with Crippen LogP contribution >= 0.6 is 0 Å². The maximum atomic E-state index is 12.9. The first-order valence-electron chi connectivity index (χ1n) is 7.95. The van der Waals surface area contributed by atoms with Crippen LogP contribution in [0, 0.1) is 11.7 Å². The molecule has 1 saturated heterocycles. The molecule has 124 valence electrons. The molecule has 1 unspecified atom stereocenters. The number of likely N-dealkylation sites (tertiary alicyclic amines) is 1. The number of amides is 2. The smallest absolute Gasteiger partial charge is 0.225 e. The topological polar surface area (TPSA) is 49.4 Å². The van der Waals surface area contributed by atoms with Crippen molar-refractivity contribution in [3.8, 4) is 0 Å². The van der Waals surface area contributed by atoms with Gasteiger partial charge >= 0.3 is 0 Å². The van der Waals surface area contributed by atoms with Crippen molar-refractivity contribution in [2.75, 3.05) is 6.54 Å². The monoisotopic (exact) mass is 326 g/mol. The van der Waals surface area contributed by atoms with Crippen LogP contribution in [0.2, 0.25) is 0 Å². The average Bonchev–Trinajstić information content (AvgIpc) is 2.96. The molecule has 24 heavy (non-hydrogen) atoms. The quantitative estimate of drug-likeness (QED) is 0.918. The second-order valence-corrected chi connectivity index (χ2v) is 6.01. The molecule has 0 bridgehead atoms. The van der Waals surface area contributed by atoms with Crippen LogP contribution in [0.15, 0.2) is 54.6 Å². The fourth-order valence-electron chi connectivity index (χ4n) is 2.84. The Balaban J connectivity index is 1.53. The molecule has 2 aromatic rings. The van der Waals surface area contributed by atoms with Crippen LogP contribution in [-0.4, -0.2) is 23.3 Å². The van der Waals surface area contributed by atoms with Gasteiger partial charge < -0.3 is 10.2 Å². The van der Waals surface area contributed by atoms with Crippen LogP contribution in [0.5, 0.6) is 0 Å². The summed E-state index contributed by atoms with van der Waals surface area (Å²) in [7, 11) is 0. The number of benzene rings is 2. The lowest BCUT2D eigenvalue weighted by molar-refractivity contribution is -0.129. The third-order valence-corrected chi connectivity index (χ3v) is 4.18. The van der Waals surface area contributed by atoms with E-state index in [1.54, 1.807) is 17.0 Å². The van der Waals surface area contributed by atoms with E-state index >= 15 is 0 Å². The number of carbonyl (C=O) groups is 2. The van der Waals surface area contributed by atoms with E-state index in [9.17, 15) is 14.0 Å². The third-order valence-electron chi connectivity index (χ3n) is 4.18. The number of hydrogen-bond donors (Lipinski definition) is 1. The lowest BCUT2D eigenvalue weighted by Gasteiger charge is -2.16. The fraction of sp³-hybridized carbons (Fsp3) is 0.263. The molecule has 0 saturated carbocycles. The molecule has 0 aliphatic carbocycles. The summed E-state index contributed by atoms with van der Waals surface area (Å²) < 4.78 is 12.9. The Morgan fingerprint density at radius 3 is 2.50 bits per heavy atom. The van der Waals surface area contributed by atoms with E-state index in [1.165, 1.54) is 12.1 Å². The zero-order valence-electron chi connectivity index (χ0n) is 13.2. The Hall–Kier alpha value is -2.69. The van der Waals surface area contributed by atoms with E-state index in [1.807, 2.05) is 30.3 Å². The largest absolute Gasteiger partial charge is 0.352 e. The van der Waals surface area contributed by atoms with Crippen LogP contribution < -0.4 is 5.32 Å². The van der Waals surface area contributed by atoms with Crippen LogP contribution in [0.3, 0.4) is 0 Å². The van der Waals surface area contributed by atoms with E-state index in [4.69, 9.17) is 0 Å². The van der Waals surface area contributed by atoms with Crippen molar-refractivity contribution < 1.29 is 14.0 Å². The first-order valence-corrected chi connectivity index (χ1v) is 7.95. The molecule has 4 nitrogen and oxygen atoms in total. The van der Waals surface area contributed by atoms with Crippen LogP contribution in [0.25, 0.3) is 0 Å². The van der Waals surface area contributed by atoms with E-state index < -0.39 is 0 Å². The highest BCUT2D eigenvalue weighted by Gasteiger charge is 2.34. The summed E-state index contributed by atoms with van der Waals surface area (Å²) in [5, 5.41) is 2.89. The predicted octanol–water partition coefficient (Wildman–Crippen LogP) is 2.49. The van der Waals surface area contributed by atoms with Gasteiger partial charge in [-0.2, -0.15) is 0 Å². The lowest BCUT2D eigenvalue weighted by atomic mass is 10.1. The number of nitrogens with zero attached hydrogens (tertiary/aromatic N) is 1. The molecule has 1 fully saturated rings. The Kier molecular flexibility index (Phi) is 4.89. The molecule has 3 rings (SSSR count). The van der Waals surface area contributed by atoms with Crippen molar-refractivity contribution in [3.63, 3.8) is 0 Å². The van der Waals surface area contributed by atoms with Gasteiger partial charge in [0.15, 0.2) is 0 Å². The molecule has 0 radical (unpaired) electrons. The van der Waals surface area contributed by atoms with Gasteiger partial charge in [0.25, 0.3) is 0 Å². The number of hydrogen-bond acceptors (Lipinski definition) is 2. The molecule has 1 atom stereocenters. The second kappa shape index (κ2) is 7.25. The van der Waals surface area contributed by atoms with Gasteiger partial charge in [-0.1, -0.05) is 42.5 Å². The second-order valence-electron chi connectivity index (χ2n) is 6.01. The minimum absolute atomic E-state index is 0.0424. The Morgan fingerprint density at radius 2 is 1.79 bits per heavy atom. The number of nitrogens with one attached hydrogen (secondary N) is 1. The zero-order chi connectivity index (χ0) is 16.9. The highest BCUT2D eigenvalue weighted by Crippen LogP contribution is 2.20. The molecule has 1 N–H and O–H groups in total. The maximum absolute atomic E-state index is 12.9. The Labute approximate surface area is 140 Å². The molecule has 1 heterocycles. The van der Waals surface area contributed by atoms with Crippen molar-refractivity contribution in [1.29, 1.82) is 0 Å². The van der Waals surface area contributed by atoms with Crippen molar-refractivity contribution in [3.05, 3.63) is 71.5 Å². The minimum Gasteiger partial charge on any atom is -0.352 e. The number of halogens is 1. The Morgan fingerprint density at radius 1 is 1.08 bits per heavy atom. The van der Waals surface area contributed by atoms with Gasteiger partial charge in [-0.25, -0.2) is 4.39 Å². The summed E-state index contributed by atoms with van der Waals surface area (Å²) in [6, 6.07) is 15.7. The van der Waals surface area contributed by atoms with Crippen LogP contribution in [0.1, 0.15) is 17.5 Å². The van der Waals surface area contributed by atoms with E-state index in [0.29, 0.717) is 19.6 Å². The predicted molar refractivity (Wildman–Crippen MR) is 88.2 cm³/mol. The van der Waals surface area contributed by atoms with Gasteiger partial charge in [-0.3, -0.25) is 9.59 Å². The van der Waals surface area contributed by atoms with E-state index in [-0.39, 0.29) is 30.0 Å². The molecule has 2 amide bonds. The van der Waals surface area contributed by atoms with Crippen molar-refractivity contribution in [1.82, 2.24) is 10.2 Å². The van der Waals surface area contributed by atoms with Gasteiger partial charge in [-0.15, -0.1) is 0 Å². The maximum Gasteiger partial charge on any atom is 0.225 e. The molecule has 1 aliphatic rings. The van der Waals surface area contributed by atoms with Crippen LogP contribution in [0.4, 0.5) is 4.39 Å². The van der Waals surface area contributed by atoms with Gasteiger partial charge in [0, 0.05) is 26.1 Å². The minimum atomic E-state index is -0.332. The normalized spacial score (nSPS) is 17.1. The zero-order valence-corrected chi connectivity index (χ0v) is 13.2. The standard InChI is InChI=1S/C19H19FN2O2/c20-17-8-6-15(7-9-17)12-22-13-16(10-18(22)23)19(24)21-11-14-4-2-1-3-5-14/h1-9,16H,10-13H2,(H,21,24). The van der Waals surface area contributed by atoms with Gasteiger partial charge in [0.2, 0.25) is 11.8 Å². The molecule has 1 aliphatic heterocycles. The van der Waals surface area contributed by atoms with Gasteiger partial charge in [-0.05, 0) is 23.3 Å². The molecular weight excluding hydrogens is 307 g/mol. The summed E-state index contributed by atoms with van der Waals surface area (Å²) in [5.41, 5.74) is 1.88. The molecule has 0 aromatic heterocycles. The number of carbonyl (C=O) groups excluding carboxylic acids is 2. The first kappa shape index (κ1) is 16.2. The first-order chi connectivity index (χ1) is 11.6. The van der Waals surface area contributed by atoms with Gasteiger partial charge in [0.1, 0.15) is 5.82 Å². The van der Waals surface area contributed by atoms with Crippen molar-refractivity contribution in [2.24, 2.45) is 5.92 Å². The van der Waals surface area contributed by atoms with Gasteiger partial charge in [0.05, 0.1) is 5.92 Å². The highest BCUT2D eigenvalue weighted by atomic mass is 19.1. The summed E-state index contributed by atoms with van der Waals surface area (Å²) >= 11 is 0. The lowest BCUT2D eigenvalue weighted by Crippen LogP contribution is -2.32. The number of rotatable bonds is 5. The molecular formula is C19H19FN2O2. The van der Waals surface area contributed by atoms with Crippen molar-refractivity contribution in [2.45, 2.75) is 19.5 Å². The molecule has 0 spiro atoms. The molecule has 5 heteroatoms. The Bertz CT molecular complexity index is 716. The van der Waals surface area contributed by atoms with Crippen LogP contribution in [-0.2, 0) is 22.7 Å². The third kappa shape index (κ3) is 3.98. The summed E-state index contributed by atoms with van der Waals surface area (Å²) in [6.07, 6.45) is 0.224. The average molecular weight is 326 g/mol. The van der Waals surface area contributed by atoms with E-state index in [0.717, 1.165) is 11.1 Å².